The van der Waals surface area contributed by atoms with Gasteiger partial charge < -0.3 is 15.0 Å². The Morgan fingerprint density at radius 2 is 2.40 bits per heavy atom. The average molecular weight is 212 g/mol. The minimum absolute atomic E-state index is 0.0376. The van der Waals surface area contributed by atoms with Gasteiger partial charge in [-0.1, -0.05) is 0 Å². The van der Waals surface area contributed by atoms with Crippen LogP contribution in [-0.2, 0) is 16.1 Å². The van der Waals surface area contributed by atoms with E-state index in [4.69, 9.17) is 0 Å². The van der Waals surface area contributed by atoms with Crippen LogP contribution >= 0.6 is 0 Å². The van der Waals surface area contributed by atoms with Crippen molar-refractivity contribution in [2.45, 2.75) is 6.54 Å². The molecule has 1 heterocycles. The number of aromatic amines is 1. The minimum atomic E-state index is -0.208. The molecule has 0 unspecified atom stereocenters. The molecule has 0 fully saturated rings. The number of hydrogen-bond acceptors (Lipinski definition) is 4. The van der Waals surface area contributed by atoms with E-state index in [0.717, 1.165) is 12.2 Å². The lowest BCUT2D eigenvalue weighted by Gasteiger charge is -2.05. The van der Waals surface area contributed by atoms with E-state index in [0.29, 0.717) is 5.82 Å². The van der Waals surface area contributed by atoms with Crippen LogP contribution < -0.4 is 5.32 Å². The molecule has 0 aliphatic rings. The predicted molar refractivity (Wildman–Crippen MR) is 56.5 cm³/mol. The van der Waals surface area contributed by atoms with E-state index >= 15 is 0 Å². The van der Waals surface area contributed by atoms with Gasteiger partial charge in [0, 0.05) is 19.7 Å². The molecule has 84 valence electrons. The molecule has 1 aromatic rings. The van der Waals surface area contributed by atoms with Gasteiger partial charge in [0.25, 0.3) is 5.91 Å². The zero-order valence-electron chi connectivity index (χ0n) is 9.20. The van der Waals surface area contributed by atoms with Gasteiger partial charge in [0.05, 0.1) is 5.69 Å². The number of methoxy groups -OCH3 is 1. The summed E-state index contributed by atoms with van der Waals surface area (Å²) in [5.74, 6) is 0.314. The maximum atomic E-state index is 11.1. The molecule has 1 amide bonds. The second-order valence-corrected chi connectivity index (χ2v) is 3.50. The summed E-state index contributed by atoms with van der Waals surface area (Å²) in [6, 6.07) is 1.80. The molecule has 0 saturated carbocycles. The van der Waals surface area contributed by atoms with Crippen LogP contribution in [0.15, 0.2) is 6.07 Å². The molecule has 6 heteroatoms. The number of nitrogens with zero attached hydrogens (tertiary/aromatic N) is 2. The highest BCUT2D eigenvalue weighted by molar-refractivity contribution is 5.90. The minimum Gasteiger partial charge on any atom is -0.375 e. The summed E-state index contributed by atoms with van der Waals surface area (Å²) >= 11 is 0. The first-order valence-electron chi connectivity index (χ1n) is 4.59. The lowest BCUT2D eigenvalue weighted by atomic mass is 10.4. The maximum Gasteiger partial charge on any atom is 0.251 e. The lowest BCUT2D eigenvalue weighted by molar-refractivity contribution is -0.119. The quantitative estimate of drug-likeness (QED) is 0.724. The summed E-state index contributed by atoms with van der Waals surface area (Å²) in [7, 11) is 5.40. The monoisotopic (exact) mass is 212 g/mol. The third-order valence-corrected chi connectivity index (χ3v) is 1.66. The number of H-pyrrole nitrogens is 1. The van der Waals surface area contributed by atoms with Crippen LogP contribution in [0.1, 0.15) is 5.69 Å². The summed E-state index contributed by atoms with van der Waals surface area (Å²) < 4.78 is 4.69. The lowest BCUT2D eigenvalue weighted by Crippen LogP contribution is -2.17. The Labute approximate surface area is 88.6 Å². The smallest absolute Gasteiger partial charge is 0.251 e. The van der Waals surface area contributed by atoms with Crippen LogP contribution in [0.5, 0.6) is 0 Å². The normalized spacial score (nSPS) is 10.7. The molecule has 1 rings (SSSR count). The van der Waals surface area contributed by atoms with E-state index in [-0.39, 0.29) is 12.5 Å². The van der Waals surface area contributed by atoms with Gasteiger partial charge in [-0.15, -0.1) is 0 Å². The highest BCUT2D eigenvalue weighted by Crippen LogP contribution is 2.06. The van der Waals surface area contributed by atoms with Crippen molar-refractivity contribution in [3.63, 3.8) is 0 Å². The Hall–Kier alpha value is -1.40. The molecule has 0 atom stereocenters. The van der Waals surface area contributed by atoms with Gasteiger partial charge in [-0.25, -0.2) is 0 Å². The molecular weight excluding hydrogens is 196 g/mol. The van der Waals surface area contributed by atoms with Crippen molar-refractivity contribution in [1.29, 1.82) is 0 Å². The Kier molecular flexibility index (Phi) is 4.26. The fourth-order valence-electron chi connectivity index (χ4n) is 1.16. The van der Waals surface area contributed by atoms with Crippen LogP contribution in [-0.4, -0.2) is 48.8 Å². The van der Waals surface area contributed by atoms with Gasteiger partial charge in [0.1, 0.15) is 6.61 Å². The summed E-state index contributed by atoms with van der Waals surface area (Å²) in [4.78, 5) is 13.2. The molecule has 15 heavy (non-hydrogen) atoms. The largest absolute Gasteiger partial charge is 0.375 e. The topological polar surface area (TPSA) is 70.2 Å². The highest BCUT2D eigenvalue weighted by Gasteiger charge is 2.05. The van der Waals surface area contributed by atoms with E-state index in [9.17, 15) is 4.79 Å². The Morgan fingerprint density at radius 3 is 3.00 bits per heavy atom. The molecule has 0 radical (unpaired) electrons. The SMILES string of the molecule is COCC(=O)Nc1cc(CN(C)C)[nH]n1. The first kappa shape index (κ1) is 11.7. The van der Waals surface area contributed by atoms with Gasteiger partial charge in [-0.2, -0.15) is 5.10 Å². The molecule has 0 spiro atoms. The number of aromatic nitrogens is 2. The van der Waals surface area contributed by atoms with Crippen molar-refractivity contribution in [3.05, 3.63) is 11.8 Å². The van der Waals surface area contributed by atoms with E-state index in [2.05, 4.69) is 20.3 Å². The number of amides is 1. The molecule has 2 N–H and O–H groups in total. The van der Waals surface area contributed by atoms with Crippen LogP contribution in [0.25, 0.3) is 0 Å². The second kappa shape index (κ2) is 5.47. The number of ether oxygens (including phenoxy) is 1. The average Bonchev–Trinajstić information content (AvgIpc) is 2.51. The van der Waals surface area contributed by atoms with Gasteiger partial charge in [-0.3, -0.25) is 9.89 Å². The van der Waals surface area contributed by atoms with Crippen molar-refractivity contribution in [1.82, 2.24) is 15.1 Å². The Bertz CT molecular complexity index is 322. The van der Waals surface area contributed by atoms with Crippen molar-refractivity contribution < 1.29 is 9.53 Å². The third kappa shape index (κ3) is 4.09. The summed E-state index contributed by atoms with van der Waals surface area (Å²) in [6.07, 6.45) is 0. The number of hydrogen-bond donors (Lipinski definition) is 2. The number of anilines is 1. The molecule has 6 nitrogen and oxygen atoms in total. The number of nitrogens with one attached hydrogen (secondary N) is 2. The molecule has 0 aromatic carbocycles. The first-order chi connectivity index (χ1) is 7.11. The third-order valence-electron chi connectivity index (χ3n) is 1.66. The number of rotatable bonds is 5. The fourth-order valence-corrected chi connectivity index (χ4v) is 1.16. The summed E-state index contributed by atoms with van der Waals surface area (Å²) in [5, 5.41) is 9.40. The van der Waals surface area contributed by atoms with Crippen molar-refractivity contribution in [2.24, 2.45) is 0 Å². The van der Waals surface area contributed by atoms with Gasteiger partial charge in [0.2, 0.25) is 0 Å². The molecular formula is C9H16N4O2. The highest BCUT2D eigenvalue weighted by atomic mass is 16.5. The molecule has 0 saturated heterocycles. The van der Waals surface area contributed by atoms with Gasteiger partial charge >= 0.3 is 0 Å². The standard InChI is InChI=1S/C9H16N4O2/c1-13(2)5-7-4-8(12-11-7)10-9(14)6-15-3/h4H,5-6H2,1-3H3,(H2,10,11,12,14). The fraction of sp³-hybridized carbons (Fsp3) is 0.556. The van der Waals surface area contributed by atoms with Gasteiger partial charge in [-0.05, 0) is 14.1 Å². The molecule has 0 aliphatic carbocycles. The maximum absolute atomic E-state index is 11.1. The molecule has 1 aromatic heterocycles. The summed E-state index contributed by atoms with van der Waals surface area (Å²) in [5.41, 5.74) is 0.952. The van der Waals surface area contributed by atoms with Crippen molar-refractivity contribution >= 4 is 11.7 Å². The van der Waals surface area contributed by atoms with Crippen LogP contribution in [0.4, 0.5) is 5.82 Å². The zero-order valence-corrected chi connectivity index (χ0v) is 9.20. The zero-order chi connectivity index (χ0) is 11.3. The van der Waals surface area contributed by atoms with Crippen LogP contribution in [0, 0.1) is 0 Å². The van der Waals surface area contributed by atoms with Crippen molar-refractivity contribution in [3.8, 4) is 0 Å². The Balaban J connectivity index is 2.49. The van der Waals surface area contributed by atoms with E-state index in [1.165, 1.54) is 7.11 Å². The Morgan fingerprint density at radius 1 is 1.67 bits per heavy atom. The molecule has 0 bridgehead atoms. The first-order valence-corrected chi connectivity index (χ1v) is 4.59. The van der Waals surface area contributed by atoms with Gasteiger partial charge in [0.15, 0.2) is 5.82 Å². The number of carbonyl (C=O) groups excluding carboxylic acids is 1. The van der Waals surface area contributed by atoms with Crippen molar-refractivity contribution in [2.75, 3.05) is 33.1 Å². The van der Waals surface area contributed by atoms with E-state index in [1.807, 2.05) is 19.0 Å². The predicted octanol–water partition coefficient (Wildman–Crippen LogP) is 0.0562. The second-order valence-electron chi connectivity index (χ2n) is 3.50. The molecule has 0 aliphatic heterocycles. The number of carbonyl (C=O) groups is 1. The summed E-state index contributed by atoms with van der Waals surface area (Å²) in [6.45, 7) is 0.795. The van der Waals surface area contributed by atoms with Crippen LogP contribution in [0.3, 0.4) is 0 Å². The van der Waals surface area contributed by atoms with E-state index in [1.54, 1.807) is 6.07 Å². The van der Waals surface area contributed by atoms with E-state index < -0.39 is 0 Å². The van der Waals surface area contributed by atoms with Crippen LogP contribution in [0.2, 0.25) is 0 Å².